The van der Waals surface area contributed by atoms with Crippen molar-refractivity contribution in [1.29, 1.82) is 0 Å². The van der Waals surface area contributed by atoms with Gasteiger partial charge in [0.05, 0.1) is 11.5 Å². The standard InChI is InChI=1S/C27H31N3O6S/c1-3-36-27(33)30-15-14-23(19(16-30)17-31)29-37(34,35)25-13-12-24(21-10-6-7-11-22(21)25)28-26(32)20-9-5-4-8-18(20)2/h4-13,19,23,29,31H,3,14-17H2,1-2H3,(H,28,32)/t19-,23?/m1/s1. The van der Waals surface area contributed by atoms with Gasteiger partial charge in [0.2, 0.25) is 10.0 Å². The molecule has 9 nitrogen and oxygen atoms in total. The van der Waals surface area contributed by atoms with E-state index in [1.807, 2.05) is 19.1 Å². The Labute approximate surface area is 216 Å². The first-order valence-electron chi connectivity index (χ1n) is 12.2. The van der Waals surface area contributed by atoms with E-state index in [9.17, 15) is 23.1 Å². The molecule has 1 aliphatic heterocycles. The summed E-state index contributed by atoms with van der Waals surface area (Å²) in [5.41, 5.74) is 1.87. The molecule has 1 aliphatic rings. The van der Waals surface area contributed by atoms with Crippen LogP contribution in [-0.2, 0) is 14.8 Å². The molecule has 10 heteroatoms. The fourth-order valence-corrected chi connectivity index (χ4v) is 6.20. The number of carbonyl (C=O) groups is 2. The quantitative estimate of drug-likeness (QED) is 0.434. The van der Waals surface area contributed by atoms with Gasteiger partial charge < -0.3 is 20.1 Å². The molecule has 196 valence electrons. The second-order valence-electron chi connectivity index (χ2n) is 9.03. The van der Waals surface area contributed by atoms with Crippen LogP contribution in [0.2, 0.25) is 0 Å². The van der Waals surface area contributed by atoms with Crippen LogP contribution in [0.4, 0.5) is 10.5 Å². The van der Waals surface area contributed by atoms with Gasteiger partial charge in [-0.2, -0.15) is 0 Å². The van der Waals surface area contributed by atoms with Crippen LogP contribution in [0, 0.1) is 12.8 Å². The Balaban J connectivity index is 1.59. The zero-order valence-electron chi connectivity index (χ0n) is 20.8. The van der Waals surface area contributed by atoms with E-state index in [-0.39, 0.29) is 30.6 Å². The lowest BCUT2D eigenvalue weighted by molar-refractivity contribution is 0.0666. The van der Waals surface area contributed by atoms with Gasteiger partial charge in [-0.3, -0.25) is 4.79 Å². The number of aliphatic hydroxyl groups is 1. The molecular weight excluding hydrogens is 494 g/mol. The Morgan fingerprint density at radius 1 is 1.05 bits per heavy atom. The van der Waals surface area contributed by atoms with Crippen LogP contribution in [0.25, 0.3) is 10.8 Å². The third kappa shape index (κ3) is 5.76. The monoisotopic (exact) mass is 525 g/mol. The number of amides is 2. The SMILES string of the molecule is CCOC(=O)N1CCC(NS(=O)(=O)c2ccc(NC(=O)c3ccccc3C)c3ccccc23)[C@@H](CO)C1. The smallest absolute Gasteiger partial charge is 0.409 e. The number of nitrogens with zero attached hydrogens (tertiary/aromatic N) is 1. The van der Waals surface area contributed by atoms with Crippen LogP contribution in [0.3, 0.4) is 0 Å². The molecule has 0 bridgehead atoms. The van der Waals surface area contributed by atoms with E-state index in [0.29, 0.717) is 35.0 Å². The lowest BCUT2D eigenvalue weighted by Gasteiger charge is -2.37. The van der Waals surface area contributed by atoms with E-state index in [2.05, 4.69) is 10.0 Å². The first-order valence-corrected chi connectivity index (χ1v) is 13.7. The average Bonchev–Trinajstić information content (AvgIpc) is 2.89. The molecular formula is C27H31N3O6S. The molecule has 1 unspecified atom stereocenters. The van der Waals surface area contributed by atoms with Gasteiger partial charge in [-0.1, -0.05) is 42.5 Å². The molecule has 0 aliphatic carbocycles. The van der Waals surface area contributed by atoms with E-state index >= 15 is 0 Å². The molecule has 0 spiro atoms. The number of aliphatic hydroxyl groups excluding tert-OH is 1. The molecule has 2 atom stereocenters. The topological polar surface area (TPSA) is 125 Å². The number of piperidine rings is 1. The van der Waals surface area contributed by atoms with Gasteiger partial charge in [-0.05, 0) is 44.0 Å². The van der Waals surface area contributed by atoms with Crippen molar-refractivity contribution in [1.82, 2.24) is 9.62 Å². The Morgan fingerprint density at radius 2 is 1.76 bits per heavy atom. The Morgan fingerprint density at radius 3 is 2.46 bits per heavy atom. The summed E-state index contributed by atoms with van der Waals surface area (Å²) in [7, 11) is -3.99. The number of anilines is 1. The van der Waals surface area contributed by atoms with Crippen molar-refractivity contribution in [2.24, 2.45) is 5.92 Å². The van der Waals surface area contributed by atoms with Crippen molar-refractivity contribution in [3.63, 3.8) is 0 Å². The first kappa shape index (κ1) is 26.6. The van der Waals surface area contributed by atoms with Crippen molar-refractivity contribution in [3.8, 4) is 0 Å². The largest absolute Gasteiger partial charge is 0.450 e. The van der Waals surface area contributed by atoms with E-state index in [1.165, 1.54) is 11.0 Å². The molecule has 0 aromatic heterocycles. The van der Waals surface area contributed by atoms with Crippen molar-refractivity contribution in [3.05, 3.63) is 71.8 Å². The molecule has 1 heterocycles. The maximum absolute atomic E-state index is 13.5. The molecule has 4 rings (SSSR count). The van der Waals surface area contributed by atoms with Crippen LogP contribution < -0.4 is 10.0 Å². The predicted octanol–water partition coefficient (Wildman–Crippen LogP) is 3.52. The number of ether oxygens (including phenoxy) is 1. The maximum Gasteiger partial charge on any atom is 0.409 e. The molecule has 1 saturated heterocycles. The van der Waals surface area contributed by atoms with E-state index in [1.54, 1.807) is 49.4 Å². The van der Waals surface area contributed by atoms with Gasteiger partial charge in [0.15, 0.2) is 0 Å². The minimum absolute atomic E-state index is 0.0708. The van der Waals surface area contributed by atoms with Crippen molar-refractivity contribution in [2.75, 3.05) is 31.6 Å². The van der Waals surface area contributed by atoms with E-state index in [4.69, 9.17) is 4.74 Å². The summed E-state index contributed by atoms with van der Waals surface area (Å²) in [4.78, 5) is 26.5. The summed E-state index contributed by atoms with van der Waals surface area (Å²) in [6.07, 6.45) is -0.136. The summed E-state index contributed by atoms with van der Waals surface area (Å²) in [5.74, 6) is -0.761. The second-order valence-corrected chi connectivity index (χ2v) is 10.7. The fraction of sp³-hybridized carbons (Fsp3) is 0.333. The van der Waals surface area contributed by atoms with Crippen molar-refractivity contribution in [2.45, 2.75) is 31.2 Å². The average molecular weight is 526 g/mol. The molecule has 2 amide bonds. The summed E-state index contributed by atoms with van der Waals surface area (Å²) in [5, 5.41) is 13.9. The summed E-state index contributed by atoms with van der Waals surface area (Å²) < 4.78 is 34.8. The minimum atomic E-state index is -3.99. The Kier molecular flexibility index (Phi) is 8.11. The lowest BCUT2D eigenvalue weighted by Crippen LogP contribution is -2.53. The number of hydrogen-bond acceptors (Lipinski definition) is 6. The number of rotatable bonds is 7. The highest BCUT2D eigenvalue weighted by Crippen LogP contribution is 2.31. The molecule has 3 N–H and O–H groups in total. The van der Waals surface area contributed by atoms with Gasteiger partial charge in [0.25, 0.3) is 5.91 Å². The molecule has 0 radical (unpaired) electrons. The highest BCUT2D eigenvalue weighted by molar-refractivity contribution is 7.89. The highest BCUT2D eigenvalue weighted by atomic mass is 32.2. The third-order valence-corrected chi connectivity index (χ3v) is 8.16. The van der Waals surface area contributed by atoms with Crippen molar-refractivity contribution < 1.29 is 27.9 Å². The van der Waals surface area contributed by atoms with Gasteiger partial charge in [0, 0.05) is 53.7 Å². The number of hydrogen-bond donors (Lipinski definition) is 3. The van der Waals surface area contributed by atoms with E-state index < -0.39 is 28.1 Å². The predicted molar refractivity (Wildman–Crippen MR) is 141 cm³/mol. The molecule has 0 saturated carbocycles. The van der Waals surface area contributed by atoms with Crippen LogP contribution in [0.5, 0.6) is 0 Å². The molecule has 3 aromatic rings. The van der Waals surface area contributed by atoms with Gasteiger partial charge in [-0.15, -0.1) is 0 Å². The Hall–Kier alpha value is -3.47. The van der Waals surface area contributed by atoms with Crippen LogP contribution in [0.1, 0.15) is 29.3 Å². The zero-order valence-corrected chi connectivity index (χ0v) is 21.6. The van der Waals surface area contributed by atoms with Gasteiger partial charge in [0.1, 0.15) is 0 Å². The lowest BCUT2D eigenvalue weighted by atomic mass is 9.94. The second kappa shape index (κ2) is 11.3. The van der Waals surface area contributed by atoms with Crippen LogP contribution >= 0.6 is 0 Å². The number of fused-ring (bicyclic) bond motifs is 1. The van der Waals surface area contributed by atoms with Crippen LogP contribution in [-0.4, -0.2) is 62.8 Å². The highest BCUT2D eigenvalue weighted by Gasteiger charge is 2.35. The fourth-order valence-electron chi connectivity index (χ4n) is 4.65. The number of likely N-dealkylation sites (tertiary alicyclic amines) is 1. The molecule has 1 fully saturated rings. The summed E-state index contributed by atoms with van der Waals surface area (Å²) in [6.45, 7) is 4.02. The third-order valence-electron chi connectivity index (χ3n) is 6.61. The van der Waals surface area contributed by atoms with Crippen molar-refractivity contribution >= 4 is 38.5 Å². The molecule has 37 heavy (non-hydrogen) atoms. The number of sulfonamides is 1. The van der Waals surface area contributed by atoms with Gasteiger partial charge >= 0.3 is 6.09 Å². The summed E-state index contributed by atoms with van der Waals surface area (Å²) >= 11 is 0. The maximum atomic E-state index is 13.5. The zero-order chi connectivity index (χ0) is 26.6. The summed E-state index contributed by atoms with van der Waals surface area (Å²) in [6, 6.07) is 16.7. The van der Waals surface area contributed by atoms with Gasteiger partial charge in [-0.25, -0.2) is 17.9 Å². The molecule has 3 aromatic carbocycles. The number of benzene rings is 3. The number of aryl methyl sites for hydroxylation is 1. The number of nitrogens with one attached hydrogen (secondary N) is 2. The normalized spacial score (nSPS) is 18.0. The Bertz CT molecular complexity index is 1410. The first-order chi connectivity index (χ1) is 17.7. The number of carbonyl (C=O) groups excluding carboxylic acids is 2. The van der Waals surface area contributed by atoms with Crippen LogP contribution in [0.15, 0.2) is 65.6 Å². The van der Waals surface area contributed by atoms with E-state index in [0.717, 1.165) is 5.56 Å². The minimum Gasteiger partial charge on any atom is -0.450 e.